The van der Waals surface area contributed by atoms with Crippen LogP contribution < -0.4 is 10.9 Å². The highest BCUT2D eigenvalue weighted by atomic mass is 35.5. The number of morpholine rings is 1. The summed E-state index contributed by atoms with van der Waals surface area (Å²) in [4.78, 5) is 44.8. The van der Waals surface area contributed by atoms with Gasteiger partial charge in [0.1, 0.15) is 17.2 Å². The number of aryl methyl sites for hydroxylation is 1. The molecule has 31 heavy (non-hydrogen) atoms. The molecule has 2 amide bonds. The standard InChI is InChI=1S/C20H18ClFN4O4S/c1-11-16-19(31-17(11)18(28)24-14-3-2-12(22)8-13(14)21)23-10-26(20(16)29)9-15(27)25-4-6-30-7-5-25/h2-3,8,10H,4-7,9H2,1H3,(H,24,28). The van der Waals surface area contributed by atoms with Gasteiger partial charge in [-0.1, -0.05) is 11.6 Å². The van der Waals surface area contributed by atoms with E-state index in [0.717, 1.165) is 17.4 Å². The van der Waals surface area contributed by atoms with Crippen LogP contribution in [0.15, 0.2) is 29.3 Å². The molecule has 0 radical (unpaired) electrons. The van der Waals surface area contributed by atoms with Crippen molar-refractivity contribution in [1.82, 2.24) is 14.5 Å². The second kappa shape index (κ2) is 8.74. The number of nitrogens with one attached hydrogen (secondary N) is 1. The van der Waals surface area contributed by atoms with Gasteiger partial charge in [-0.2, -0.15) is 0 Å². The van der Waals surface area contributed by atoms with E-state index in [1.807, 2.05) is 0 Å². The Morgan fingerprint density at radius 1 is 1.32 bits per heavy atom. The zero-order valence-corrected chi connectivity index (χ0v) is 18.1. The summed E-state index contributed by atoms with van der Waals surface area (Å²) in [5, 5.41) is 2.98. The van der Waals surface area contributed by atoms with E-state index in [9.17, 15) is 18.8 Å². The summed E-state index contributed by atoms with van der Waals surface area (Å²) in [7, 11) is 0. The van der Waals surface area contributed by atoms with E-state index >= 15 is 0 Å². The molecule has 0 aliphatic carbocycles. The first-order chi connectivity index (χ1) is 14.8. The molecule has 0 bridgehead atoms. The number of nitrogens with zero attached hydrogens (tertiary/aromatic N) is 3. The van der Waals surface area contributed by atoms with Crippen LogP contribution in [0.2, 0.25) is 5.02 Å². The van der Waals surface area contributed by atoms with E-state index < -0.39 is 11.7 Å². The van der Waals surface area contributed by atoms with Gasteiger partial charge < -0.3 is 15.0 Å². The van der Waals surface area contributed by atoms with Crippen LogP contribution in [-0.4, -0.2) is 52.6 Å². The van der Waals surface area contributed by atoms with E-state index in [0.29, 0.717) is 36.7 Å². The van der Waals surface area contributed by atoms with Crippen molar-refractivity contribution < 1.29 is 18.7 Å². The number of hydrogen-bond donors (Lipinski definition) is 1. The number of hydrogen-bond acceptors (Lipinski definition) is 6. The van der Waals surface area contributed by atoms with Gasteiger partial charge in [-0.25, -0.2) is 9.37 Å². The van der Waals surface area contributed by atoms with Crippen molar-refractivity contribution in [1.29, 1.82) is 0 Å². The number of anilines is 1. The Kier molecular flexibility index (Phi) is 6.03. The Bertz CT molecular complexity index is 1240. The molecule has 4 rings (SSSR count). The Balaban J connectivity index is 1.61. The number of rotatable bonds is 4. The highest BCUT2D eigenvalue weighted by Gasteiger charge is 2.22. The van der Waals surface area contributed by atoms with Gasteiger partial charge in [-0.05, 0) is 30.7 Å². The molecule has 0 unspecified atom stereocenters. The second-order valence-corrected chi connectivity index (χ2v) is 8.39. The molecule has 0 spiro atoms. The first-order valence-electron chi connectivity index (χ1n) is 9.45. The Morgan fingerprint density at radius 2 is 2.06 bits per heavy atom. The molecule has 1 aliphatic rings. The molecule has 3 heterocycles. The van der Waals surface area contributed by atoms with Crippen LogP contribution in [-0.2, 0) is 16.1 Å². The lowest BCUT2D eigenvalue weighted by molar-refractivity contribution is -0.135. The summed E-state index contributed by atoms with van der Waals surface area (Å²) >= 11 is 7.04. The van der Waals surface area contributed by atoms with Gasteiger partial charge in [0.2, 0.25) is 5.91 Å². The molecule has 0 atom stereocenters. The summed E-state index contributed by atoms with van der Waals surface area (Å²) in [6, 6.07) is 3.65. The third-order valence-corrected chi connectivity index (χ3v) is 6.48. The van der Waals surface area contributed by atoms with Crippen LogP contribution >= 0.6 is 22.9 Å². The number of carbonyl (C=O) groups is 2. The number of aromatic nitrogens is 2. The minimum atomic E-state index is -0.516. The van der Waals surface area contributed by atoms with Crippen molar-refractivity contribution in [3.8, 4) is 0 Å². The average Bonchev–Trinajstić information content (AvgIpc) is 3.10. The largest absolute Gasteiger partial charge is 0.378 e. The number of ether oxygens (including phenoxy) is 1. The Labute approximate surface area is 185 Å². The smallest absolute Gasteiger partial charge is 0.266 e. The molecule has 1 aliphatic heterocycles. The maximum absolute atomic E-state index is 13.2. The minimum Gasteiger partial charge on any atom is -0.378 e. The maximum atomic E-state index is 13.2. The Hall–Kier alpha value is -2.82. The zero-order chi connectivity index (χ0) is 22.1. The van der Waals surface area contributed by atoms with Crippen LogP contribution in [0.25, 0.3) is 10.2 Å². The van der Waals surface area contributed by atoms with E-state index in [1.54, 1.807) is 11.8 Å². The molecule has 1 N–H and O–H groups in total. The highest BCUT2D eigenvalue weighted by molar-refractivity contribution is 7.20. The van der Waals surface area contributed by atoms with Crippen molar-refractivity contribution in [3.63, 3.8) is 0 Å². The van der Waals surface area contributed by atoms with Gasteiger partial charge in [0.15, 0.2) is 0 Å². The minimum absolute atomic E-state index is 0.0641. The molecule has 162 valence electrons. The van der Waals surface area contributed by atoms with Gasteiger partial charge >= 0.3 is 0 Å². The molecule has 1 saturated heterocycles. The van der Waals surface area contributed by atoms with Gasteiger partial charge in [0.25, 0.3) is 11.5 Å². The summed E-state index contributed by atoms with van der Waals surface area (Å²) in [6.45, 7) is 3.42. The molecule has 1 fully saturated rings. The SMILES string of the molecule is Cc1c(C(=O)Nc2ccc(F)cc2Cl)sc2ncn(CC(=O)N3CCOCC3)c(=O)c12. The molecule has 2 aromatic heterocycles. The van der Waals surface area contributed by atoms with Crippen LogP contribution in [0.4, 0.5) is 10.1 Å². The predicted molar refractivity (Wildman–Crippen MR) is 115 cm³/mol. The molecule has 3 aromatic rings. The fourth-order valence-corrected chi connectivity index (χ4v) is 4.57. The number of benzene rings is 1. The average molecular weight is 465 g/mol. The van der Waals surface area contributed by atoms with Crippen molar-refractivity contribution in [2.75, 3.05) is 31.6 Å². The van der Waals surface area contributed by atoms with Crippen molar-refractivity contribution in [3.05, 3.63) is 56.2 Å². The summed E-state index contributed by atoms with van der Waals surface area (Å²) in [5.41, 5.74) is 0.326. The van der Waals surface area contributed by atoms with Gasteiger partial charge in [-0.15, -0.1) is 11.3 Å². The molecule has 11 heteroatoms. The van der Waals surface area contributed by atoms with E-state index in [1.165, 1.54) is 23.0 Å². The molecule has 8 nitrogen and oxygen atoms in total. The first kappa shape index (κ1) is 21.4. The fraction of sp³-hybridized carbons (Fsp3) is 0.300. The first-order valence-corrected chi connectivity index (χ1v) is 10.6. The van der Waals surface area contributed by atoms with Gasteiger partial charge in [-0.3, -0.25) is 19.0 Å². The summed E-state index contributed by atoms with van der Waals surface area (Å²) in [6.07, 6.45) is 1.32. The van der Waals surface area contributed by atoms with Crippen molar-refractivity contribution in [2.24, 2.45) is 0 Å². The van der Waals surface area contributed by atoms with E-state index in [2.05, 4.69) is 10.3 Å². The van der Waals surface area contributed by atoms with Crippen LogP contribution in [0.1, 0.15) is 15.2 Å². The summed E-state index contributed by atoms with van der Waals surface area (Å²) < 4.78 is 19.7. The number of thiophene rings is 1. The molecular weight excluding hydrogens is 447 g/mol. The lowest BCUT2D eigenvalue weighted by Gasteiger charge is -2.26. The molecule has 0 saturated carbocycles. The maximum Gasteiger partial charge on any atom is 0.266 e. The zero-order valence-electron chi connectivity index (χ0n) is 16.5. The fourth-order valence-electron chi connectivity index (χ4n) is 3.32. The lowest BCUT2D eigenvalue weighted by atomic mass is 10.2. The van der Waals surface area contributed by atoms with Crippen LogP contribution in [0, 0.1) is 12.7 Å². The second-order valence-electron chi connectivity index (χ2n) is 6.99. The molecule has 1 aromatic carbocycles. The summed E-state index contributed by atoms with van der Waals surface area (Å²) in [5.74, 6) is -1.19. The number of carbonyl (C=O) groups excluding carboxylic acids is 2. The number of amides is 2. The third-order valence-electron chi connectivity index (χ3n) is 4.97. The van der Waals surface area contributed by atoms with Crippen LogP contribution in [0.3, 0.4) is 0 Å². The number of fused-ring (bicyclic) bond motifs is 1. The molecular formula is C20H18ClFN4O4S. The van der Waals surface area contributed by atoms with Crippen molar-refractivity contribution >= 4 is 50.7 Å². The van der Waals surface area contributed by atoms with Crippen molar-refractivity contribution in [2.45, 2.75) is 13.5 Å². The van der Waals surface area contributed by atoms with Gasteiger partial charge in [0, 0.05) is 13.1 Å². The van der Waals surface area contributed by atoms with E-state index in [-0.39, 0.29) is 39.0 Å². The lowest BCUT2D eigenvalue weighted by Crippen LogP contribution is -2.43. The normalized spacial score (nSPS) is 14.1. The predicted octanol–water partition coefficient (Wildman–Crippen LogP) is 2.67. The van der Waals surface area contributed by atoms with Crippen LogP contribution in [0.5, 0.6) is 0 Å². The quantitative estimate of drug-likeness (QED) is 0.640. The monoisotopic (exact) mass is 464 g/mol. The number of halogens is 2. The van der Waals surface area contributed by atoms with E-state index in [4.69, 9.17) is 16.3 Å². The van der Waals surface area contributed by atoms with Gasteiger partial charge in [0.05, 0.1) is 40.5 Å². The third kappa shape index (κ3) is 4.32. The topological polar surface area (TPSA) is 93.5 Å². The Morgan fingerprint density at radius 3 is 2.77 bits per heavy atom. The highest BCUT2D eigenvalue weighted by Crippen LogP contribution is 2.29.